The third-order valence-electron chi connectivity index (χ3n) is 3.17. The Morgan fingerprint density at radius 1 is 1.19 bits per heavy atom. The second kappa shape index (κ2) is 6.22. The number of aryl methyl sites for hydroxylation is 1. The fraction of sp³-hybridized carbons (Fsp3) is 0.133. The second-order valence-electron chi connectivity index (χ2n) is 4.68. The summed E-state index contributed by atoms with van der Waals surface area (Å²) in [5.74, 6) is 0. The molecule has 0 aliphatic carbocycles. The van der Waals surface area contributed by atoms with Gasteiger partial charge in [0.25, 0.3) is 9.05 Å². The maximum absolute atomic E-state index is 11.8. The number of hydrogen-bond acceptors (Lipinski definition) is 3. The molecule has 0 amide bonds. The number of hydrogen-bond donors (Lipinski definition) is 1. The average molecular weight is 341 g/mol. The molecule has 21 heavy (non-hydrogen) atoms. The Morgan fingerprint density at radius 3 is 2.33 bits per heavy atom. The van der Waals surface area contributed by atoms with Gasteiger partial charge >= 0.3 is 0 Å². The number of carbonyl (C=O) groups excluding carboxylic acids is 1. The van der Waals surface area contributed by atoms with Gasteiger partial charge in [0, 0.05) is 16.2 Å². The zero-order chi connectivity index (χ0) is 15.6. The molecule has 0 saturated heterocycles. The molecule has 2 aromatic rings. The molecule has 0 fully saturated rings. The van der Waals surface area contributed by atoms with E-state index in [1.165, 1.54) is 6.07 Å². The first-order valence-electron chi connectivity index (χ1n) is 6.14. The van der Waals surface area contributed by atoms with Crippen LogP contribution in [0.15, 0.2) is 47.4 Å². The van der Waals surface area contributed by atoms with Gasteiger partial charge in [-0.1, -0.05) is 30.3 Å². The molecule has 0 unspecified atom stereocenters. The number of halogens is 1. The van der Waals surface area contributed by atoms with Gasteiger partial charge in [0.1, 0.15) is 0 Å². The summed E-state index contributed by atoms with van der Waals surface area (Å²) < 4.78 is 23.6. The van der Waals surface area contributed by atoms with Crippen LogP contribution in [0.3, 0.4) is 0 Å². The van der Waals surface area contributed by atoms with Gasteiger partial charge in [-0.2, -0.15) is 0 Å². The van der Waals surface area contributed by atoms with E-state index in [0.717, 1.165) is 5.56 Å². The van der Waals surface area contributed by atoms with Gasteiger partial charge < -0.3 is 0 Å². The zero-order valence-corrected chi connectivity index (χ0v) is 13.7. The molecule has 0 aliphatic heterocycles. The minimum Gasteiger partial charge on any atom is -0.282 e. The van der Waals surface area contributed by atoms with Gasteiger partial charge in [0.15, 0.2) is 0 Å². The van der Waals surface area contributed by atoms with Gasteiger partial charge in [-0.3, -0.25) is 4.79 Å². The fourth-order valence-electron chi connectivity index (χ4n) is 2.15. The molecule has 0 bridgehead atoms. The molecule has 110 valence electrons. The highest BCUT2D eigenvalue weighted by Crippen LogP contribution is 2.28. The number of thiol groups is 1. The van der Waals surface area contributed by atoms with Crippen LogP contribution < -0.4 is 0 Å². The molecule has 0 radical (unpaired) electrons. The summed E-state index contributed by atoms with van der Waals surface area (Å²) in [6.45, 7) is 1.75. The van der Waals surface area contributed by atoms with E-state index in [-0.39, 0.29) is 10.5 Å². The van der Waals surface area contributed by atoms with E-state index in [9.17, 15) is 13.2 Å². The molecular formula is C15H13ClO3S2. The van der Waals surface area contributed by atoms with Crippen LogP contribution in [-0.2, 0) is 15.5 Å². The molecule has 0 saturated carbocycles. The van der Waals surface area contributed by atoms with Gasteiger partial charge in [-0.15, -0.1) is 12.6 Å². The normalized spacial score (nSPS) is 11.4. The third kappa shape index (κ3) is 3.87. The van der Waals surface area contributed by atoms with Crippen molar-refractivity contribution in [3.63, 3.8) is 0 Å². The predicted molar refractivity (Wildman–Crippen MR) is 86.8 cm³/mol. The van der Waals surface area contributed by atoms with Crippen molar-refractivity contribution >= 4 is 37.5 Å². The summed E-state index contributed by atoms with van der Waals surface area (Å²) in [5.41, 5.74) is 2.46. The first kappa shape index (κ1) is 16.1. The summed E-state index contributed by atoms with van der Waals surface area (Å²) in [6, 6.07) is 12.4. The van der Waals surface area contributed by atoms with Crippen molar-refractivity contribution in [2.45, 2.75) is 18.2 Å². The van der Waals surface area contributed by atoms with E-state index in [1.54, 1.807) is 13.0 Å². The largest absolute Gasteiger partial charge is 0.282 e. The maximum atomic E-state index is 11.8. The first-order chi connectivity index (χ1) is 9.79. The molecule has 6 heteroatoms. The van der Waals surface area contributed by atoms with Crippen LogP contribution in [0.2, 0.25) is 0 Å². The highest BCUT2D eigenvalue weighted by Gasteiger charge is 2.20. The Labute approximate surface area is 133 Å². The van der Waals surface area contributed by atoms with Crippen LogP contribution in [-0.4, -0.2) is 13.5 Å². The Bertz CT molecular complexity index is 784. The van der Waals surface area contributed by atoms with Gasteiger partial charge in [0.2, 0.25) is 5.12 Å². The minimum absolute atomic E-state index is 0.0366. The summed E-state index contributed by atoms with van der Waals surface area (Å²) >= 11 is 3.73. The number of benzene rings is 2. The molecule has 3 nitrogen and oxygen atoms in total. The molecular weight excluding hydrogens is 328 g/mol. The first-order valence-corrected chi connectivity index (χ1v) is 8.90. The lowest BCUT2D eigenvalue weighted by Gasteiger charge is -2.12. The van der Waals surface area contributed by atoms with E-state index < -0.39 is 14.2 Å². The summed E-state index contributed by atoms with van der Waals surface area (Å²) in [6.07, 6.45) is 0.426. The smallest absolute Gasteiger partial charge is 0.261 e. The zero-order valence-electron chi connectivity index (χ0n) is 11.2. The van der Waals surface area contributed by atoms with Crippen LogP contribution in [0.4, 0.5) is 0 Å². The quantitative estimate of drug-likeness (QED) is 0.683. The number of carbonyl (C=O) groups is 1. The molecule has 0 N–H and O–H groups in total. The van der Waals surface area contributed by atoms with Crippen molar-refractivity contribution in [1.82, 2.24) is 0 Å². The standard InChI is InChI=1S/C15H13ClO3S2/c1-10-7-12(15(17)20)9-14(21(16,18)19)13(10)8-11-5-3-2-4-6-11/h2-7,9H,8H2,1H3,(H,17,20). The van der Waals surface area contributed by atoms with Crippen LogP contribution in [0.5, 0.6) is 0 Å². The van der Waals surface area contributed by atoms with Crippen LogP contribution in [0.1, 0.15) is 27.0 Å². The highest BCUT2D eigenvalue weighted by molar-refractivity contribution is 8.13. The Hall–Kier alpha value is -1.30. The van der Waals surface area contributed by atoms with Crippen molar-refractivity contribution in [3.8, 4) is 0 Å². The Morgan fingerprint density at radius 2 is 1.81 bits per heavy atom. The third-order valence-corrected chi connectivity index (χ3v) is 4.81. The minimum atomic E-state index is -3.95. The van der Waals surface area contributed by atoms with E-state index in [0.29, 0.717) is 17.5 Å². The topological polar surface area (TPSA) is 51.2 Å². The van der Waals surface area contributed by atoms with E-state index in [4.69, 9.17) is 10.7 Å². The summed E-state index contributed by atoms with van der Waals surface area (Å²) in [4.78, 5) is 11.3. The summed E-state index contributed by atoms with van der Waals surface area (Å²) in [7, 11) is 1.57. The van der Waals surface area contributed by atoms with Crippen molar-refractivity contribution < 1.29 is 13.2 Å². The van der Waals surface area contributed by atoms with E-state index in [1.807, 2.05) is 30.3 Å². The lowest BCUT2D eigenvalue weighted by molar-refractivity contribution is 0.109. The number of rotatable bonds is 4. The average Bonchev–Trinajstić information content (AvgIpc) is 2.40. The predicted octanol–water partition coefficient (Wildman–Crippen LogP) is 3.58. The van der Waals surface area contributed by atoms with E-state index >= 15 is 0 Å². The van der Waals surface area contributed by atoms with Crippen LogP contribution in [0, 0.1) is 6.92 Å². The van der Waals surface area contributed by atoms with Gasteiger partial charge in [0.05, 0.1) is 4.90 Å². The Balaban J connectivity index is 2.62. The monoisotopic (exact) mass is 340 g/mol. The van der Waals surface area contributed by atoms with E-state index in [2.05, 4.69) is 12.6 Å². The summed E-state index contributed by atoms with van der Waals surface area (Å²) in [5, 5.41) is -0.495. The van der Waals surface area contributed by atoms with Crippen molar-refractivity contribution in [2.24, 2.45) is 0 Å². The molecule has 2 rings (SSSR count). The SMILES string of the molecule is Cc1cc(C(=O)S)cc(S(=O)(=O)Cl)c1Cc1ccccc1. The molecule has 0 atom stereocenters. The van der Waals surface area contributed by atoms with Gasteiger partial charge in [-0.25, -0.2) is 8.42 Å². The van der Waals surface area contributed by atoms with Crippen molar-refractivity contribution in [3.05, 3.63) is 64.7 Å². The maximum Gasteiger partial charge on any atom is 0.261 e. The van der Waals surface area contributed by atoms with Gasteiger partial charge in [-0.05, 0) is 42.2 Å². The second-order valence-corrected chi connectivity index (χ2v) is 7.62. The lowest BCUT2D eigenvalue weighted by Crippen LogP contribution is -2.05. The van der Waals surface area contributed by atoms with Crippen molar-refractivity contribution in [2.75, 3.05) is 0 Å². The van der Waals surface area contributed by atoms with Crippen LogP contribution in [0.25, 0.3) is 0 Å². The highest BCUT2D eigenvalue weighted by atomic mass is 35.7. The molecule has 0 heterocycles. The molecule has 0 aromatic heterocycles. The molecule has 0 spiro atoms. The molecule has 0 aliphatic rings. The Kier molecular flexibility index (Phi) is 4.76. The molecule has 2 aromatic carbocycles. The van der Waals surface area contributed by atoms with Crippen molar-refractivity contribution in [1.29, 1.82) is 0 Å². The van der Waals surface area contributed by atoms with Crippen LogP contribution >= 0.6 is 23.3 Å². The lowest BCUT2D eigenvalue weighted by atomic mass is 9.98. The fourth-order valence-corrected chi connectivity index (χ4v) is 3.49.